The third-order valence-corrected chi connectivity index (χ3v) is 7.13. The van der Waals surface area contributed by atoms with Crippen molar-refractivity contribution >= 4 is 11.7 Å². The molecule has 0 unspecified atom stereocenters. The number of aryl methyl sites for hydroxylation is 3. The zero-order valence-electron chi connectivity index (χ0n) is 21.9. The number of nitrogens with zero attached hydrogens (tertiary/aromatic N) is 4. The summed E-state index contributed by atoms with van der Waals surface area (Å²) in [6, 6.07) is 26.9. The fraction of sp³-hybridized carbons (Fsp3) is 0.281. The molecule has 1 fully saturated rings. The second-order valence-electron chi connectivity index (χ2n) is 9.90. The predicted molar refractivity (Wildman–Crippen MR) is 150 cm³/mol. The number of rotatable bonds is 5. The SMILES string of the molecule is Cc1ccc(Cc2c(C)nc(C)nc2N2CCCN(C(=O)c3ccc(-c4ccccc4)cc3)CC2)cc1. The van der Waals surface area contributed by atoms with Crippen LogP contribution in [0.15, 0.2) is 78.9 Å². The van der Waals surface area contributed by atoms with Crippen LogP contribution in [0.2, 0.25) is 0 Å². The molecule has 0 saturated carbocycles. The van der Waals surface area contributed by atoms with E-state index in [0.29, 0.717) is 6.54 Å². The van der Waals surface area contributed by atoms with Gasteiger partial charge in [-0.3, -0.25) is 4.79 Å². The first-order valence-corrected chi connectivity index (χ1v) is 13.1. The summed E-state index contributed by atoms with van der Waals surface area (Å²) in [4.78, 5) is 27.3. The van der Waals surface area contributed by atoms with Crippen molar-refractivity contribution in [3.05, 3.63) is 113 Å². The number of anilines is 1. The molecule has 37 heavy (non-hydrogen) atoms. The van der Waals surface area contributed by atoms with E-state index in [1.807, 2.05) is 54.3 Å². The molecule has 5 heteroatoms. The molecule has 5 nitrogen and oxygen atoms in total. The molecule has 2 heterocycles. The van der Waals surface area contributed by atoms with E-state index < -0.39 is 0 Å². The van der Waals surface area contributed by atoms with Gasteiger partial charge in [0.15, 0.2) is 0 Å². The van der Waals surface area contributed by atoms with Crippen LogP contribution in [-0.4, -0.2) is 47.0 Å². The van der Waals surface area contributed by atoms with Gasteiger partial charge in [-0.2, -0.15) is 0 Å². The van der Waals surface area contributed by atoms with Gasteiger partial charge >= 0.3 is 0 Å². The lowest BCUT2D eigenvalue weighted by Crippen LogP contribution is -2.35. The Morgan fingerprint density at radius 3 is 2.19 bits per heavy atom. The molecule has 1 amide bonds. The summed E-state index contributed by atoms with van der Waals surface area (Å²) in [7, 11) is 0. The van der Waals surface area contributed by atoms with Crippen LogP contribution in [0.1, 0.15) is 45.0 Å². The average molecular weight is 491 g/mol. The minimum atomic E-state index is 0.0939. The van der Waals surface area contributed by atoms with Crippen molar-refractivity contribution in [2.24, 2.45) is 0 Å². The maximum absolute atomic E-state index is 13.4. The monoisotopic (exact) mass is 490 g/mol. The van der Waals surface area contributed by atoms with Crippen molar-refractivity contribution in [1.29, 1.82) is 0 Å². The van der Waals surface area contributed by atoms with Gasteiger partial charge in [0.05, 0.1) is 0 Å². The Labute approximate surface area is 219 Å². The number of hydrogen-bond donors (Lipinski definition) is 0. The molecule has 1 aliphatic heterocycles. The molecule has 0 spiro atoms. The minimum absolute atomic E-state index is 0.0939. The molecule has 4 aromatic rings. The average Bonchev–Trinajstić information content (AvgIpc) is 3.18. The first kappa shape index (κ1) is 24.7. The molecule has 1 aromatic heterocycles. The molecule has 0 N–H and O–H groups in total. The van der Waals surface area contributed by atoms with E-state index in [1.54, 1.807) is 0 Å². The Hall–Kier alpha value is -3.99. The van der Waals surface area contributed by atoms with E-state index in [0.717, 1.165) is 66.5 Å². The van der Waals surface area contributed by atoms with Gasteiger partial charge in [0.25, 0.3) is 5.91 Å². The van der Waals surface area contributed by atoms with Crippen molar-refractivity contribution in [2.45, 2.75) is 33.6 Å². The first-order chi connectivity index (χ1) is 18.0. The molecule has 0 bridgehead atoms. The smallest absolute Gasteiger partial charge is 0.253 e. The number of amides is 1. The lowest BCUT2D eigenvalue weighted by atomic mass is 10.0. The number of carbonyl (C=O) groups is 1. The van der Waals surface area contributed by atoms with Crippen molar-refractivity contribution in [3.8, 4) is 11.1 Å². The number of benzene rings is 3. The largest absolute Gasteiger partial charge is 0.354 e. The van der Waals surface area contributed by atoms with Crippen molar-refractivity contribution in [1.82, 2.24) is 14.9 Å². The van der Waals surface area contributed by atoms with E-state index in [9.17, 15) is 4.79 Å². The van der Waals surface area contributed by atoms with E-state index in [-0.39, 0.29) is 5.91 Å². The summed E-state index contributed by atoms with van der Waals surface area (Å²) in [5, 5.41) is 0. The van der Waals surface area contributed by atoms with Crippen molar-refractivity contribution in [2.75, 3.05) is 31.1 Å². The maximum atomic E-state index is 13.4. The van der Waals surface area contributed by atoms with E-state index in [1.165, 1.54) is 16.7 Å². The highest BCUT2D eigenvalue weighted by atomic mass is 16.2. The first-order valence-electron chi connectivity index (χ1n) is 13.1. The van der Waals surface area contributed by atoms with Gasteiger partial charge in [-0.05, 0) is 56.0 Å². The minimum Gasteiger partial charge on any atom is -0.354 e. The molecule has 1 saturated heterocycles. The Bertz CT molecular complexity index is 1360. The van der Waals surface area contributed by atoms with Crippen LogP contribution in [0.5, 0.6) is 0 Å². The Kier molecular flexibility index (Phi) is 7.31. The highest BCUT2D eigenvalue weighted by molar-refractivity contribution is 5.94. The fourth-order valence-corrected chi connectivity index (χ4v) is 5.05. The van der Waals surface area contributed by atoms with Gasteiger partial charge < -0.3 is 9.80 Å². The predicted octanol–water partition coefficient (Wildman–Crippen LogP) is 6.01. The van der Waals surface area contributed by atoms with Crippen LogP contribution < -0.4 is 4.90 Å². The lowest BCUT2D eigenvalue weighted by Gasteiger charge is -2.26. The maximum Gasteiger partial charge on any atom is 0.253 e. The molecule has 5 rings (SSSR count). The zero-order chi connectivity index (χ0) is 25.8. The number of hydrogen-bond acceptors (Lipinski definition) is 4. The molecule has 188 valence electrons. The second kappa shape index (κ2) is 11.0. The van der Waals surface area contributed by atoms with Gasteiger partial charge in [-0.25, -0.2) is 9.97 Å². The topological polar surface area (TPSA) is 49.3 Å². The second-order valence-corrected chi connectivity index (χ2v) is 9.90. The normalized spacial score (nSPS) is 13.9. The van der Waals surface area contributed by atoms with Crippen LogP contribution in [0.3, 0.4) is 0 Å². The van der Waals surface area contributed by atoms with Crippen LogP contribution in [-0.2, 0) is 6.42 Å². The third kappa shape index (κ3) is 5.72. The molecule has 0 atom stereocenters. The van der Waals surface area contributed by atoms with Crippen LogP contribution in [0, 0.1) is 20.8 Å². The highest BCUT2D eigenvalue weighted by Gasteiger charge is 2.24. The number of aromatic nitrogens is 2. The molecule has 1 aliphatic rings. The summed E-state index contributed by atoms with van der Waals surface area (Å²) >= 11 is 0. The summed E-state index contributed by atoms with van der Waals surface area (Å²) in [6.45, 7) is 9.18. The standard InChI is InChI=1S/C32H34N4O/c1-23-10-12-26(13-11-23)22-30-24(2)33-25(3)34-31(30)35-18-7-19-36(21-20-35)32(37)29-16-14-28(15-17-29)27-8-5-4-6-9-27/h4-6,8-17H,7,18-22H2,1-3H3. The molecule has 3 aromatic carbocycles. The molecular formula is C32H34N4O. The third-order valence-electron chi connectivity index (χ3n) is 7.13. The van der Waals surface area contributed by atoms with Gasteiger partial charge in [-0.1, -0.05) is 72.3 Å². The van der Waals surface area contributed by atoms with E-state index >= 15 is 0 Å². The van der Waals surface area contributed by atoms with Crippen molar-refractivity contribution < 1.29 is 4.79 Å². The van der Waals surface area contributed by atoms with Crippen LogP contribution in [0.4, 0.5) is 5.82 Å². The molecular weight excluding hydrogens is 456 g/mol. The Balaban J connectivity index is 1.31. The van der Waals surface area contributed by atoms with E-state index in [4.69, 9.17) is 4.98 Å². The Morgan fingerprint density at radius 1 is 0.757 bits per heavy atom. The molecule has 0 radical (unpaired) electrons. The van der Waals surface area contributed by atoms with E-state index in [2.05, 4.69) is 60.1 Å². The summed E-state index contributed by atoms with van der Waals surface area (Å²) < 4.78 is 0. The lowest BCUT2D eigenvalue weighted by molar-refractivity contribution is 0.0767. The van der Waals surface area contributed by atoms with Gasteiger partial charge in [0, 0.05) is 49.4 Å². The van der Waals surface area contributed by atoms with Gasteiger partial charge in [0.2, 0.25) is 0 Å². The summed E-state index contributed by atoms with van der Waals surface area (Å²) in [5.74, 6) is 1.89. The van der Waals surface area contributed by atoms with Crippen LogP contribution >= 0.6 is 0 Å². The Morgan fingerprint density at radius 2 is 1.46 bits per heavy atom. The summed E-state index contributed by atoms with van der Waals surface area (Å²) in [5.41, 5.74) is 7.73. The van der Waals surface area contributed by atoms with Gasteiger partial charge in [0.1, 0.15) is 11.6 Å². The van der Waals surface area contributed by atoms with Crippen LogP contribution in [0.25, 0.3) is 11.1 Å². The summed E-state index contributed by atoms with van der Waals surface area (Å²) in [6.07, 6.45) is 1.70. The van der Waals surface area contributed by atoms with Crippen molar-refractivity contribution in [3.63, 3.8) is 0 Å². The highest BCUT2D eigenvalue weighted by Crippen LogP contribution is 2.26. The quantitative estimate of drug-likeness (QED) is 0.344. The van der Waals surface area contributed by atoms with Gasteiger partial charge in [-0.15, -0.1) is 0 Å². The zero-order valence-corrected chi connectivity index (χ0v) is 21.9. The fourth-order valence-electron chi connectivity index (χ4n) is 5.05. The number of carbonyl (C=O) groups excluding carboxylic acids is 1. The molecule has 0 aliphatic carbocycles.